The van der Waals surface area contributed by atoms with Gasteiger partial charge in [0.05, 0.1) is 0 Å². The second kappa shape index (κ2) is 7.82. The van der Waals surface area contributed by atoms with Crippen LogP contribution in [0.5, 0.6) is 0 Å². The molecule has 0 atom stereocenters. The Morgan fingerprint density at radius 3 is 1.60 bits per heavy atom. The molecule has 0 bridgehead atoms. The van der Waals surface area contributed by atoms with Crippen LogP contribution >= 0.6 is 0 Å². The van der Waals surface area contributed by atoms with Crippen molar-refractivity contribution >= 4 is 10.8 Å². The lowest BCUT2D eigenvalue weighted by atomic mass is 9.94. The van der Waals surface area contributed by atoms with E-state index in [4.69, 9.17) is 0 Å². The Bertz CT molecular complexity index is 1720. The van der Waals surface area contributed by atoms with Crippen LogP contribution in [0.25, 0.3) is 66.4 Å². The minimum absolute atomic E-state index is 1.24. The standard InChI is InChI=1S/C35H24/c1-23-19-29(24-7-3-2-4-8-24)21-30(20-23)26-15-13-25(14-16-26)28-17-18-31-32-11-5-9-27-10-6-12-33(35(27)32)34(31)22-28/h2-22H,1H3. The second-order valence-electron chi connectivity index (χ2n) is 9.50. The van der Waals surface area contributed by atoms with Crippen molar-refractivity contribution in [2.24, 2.45) is 0 Å². The van der Waals surface area contributed by atoms with Crippen LogP contribution < -0.4 is 0 Å². The average Bonchev–Trinajstić information content (AvgIpc) is 3.24. The minimum Gasteiger partial charge on any atom is -0.0622 e. The lowest BCUT2D eigenvalue weighted by molar-refractivity contribution is 1.46. The third kappa shape index (κ3) is 3.30. The molecular formula is C35H24. The highest BCUT2D eigenvalue weighted by Crippen LogP contribution is 2.48. The summed E-state index contributed by atoms with van der Waals surface area (Å²) in [5, 5.41) is 2.70. The van der Waals surface area contributed by atoms with Gasteiger partial charge in [-0.25, -0.2) is 0 Å². The van der Waals surface area contributed by atoms with Gasteiger partial charge in [0.2, 0.25) is 0 Å². The fourth-order valence-electron chi connectivity index (χ4n) is 5.57. The lowest BCUT2D eigenvalue weighted by Crippen LogP contribution is -1.86. The van der Waals surface area contributed by atoms with Crippen LogP contribution in [0.2, 0.25) is 0 Å². The number of hydrogen-bond acceptors (Lipinski definition) is 0. The molecule has 0 fully saturated rings. The van der Waals surface area contributed by atoms with Crippen molar-refractivity contribution in [1.29, 1.82) is 0 Å². The van der Waals surface area contributed by atoms with Gasteiger partial charge in [-0.15, -0.1) is 0 Å². The maximum absolute atomic E-state index is 2.36. The molecule has 7 rings (SSSR count). The fourth-order valence-corrected chi connectivity index (χ4v) is 5.57. The van der Waals surface area contributed by atoms with Gasteiger partial charge in [-0.2, -0.15) is 0 Å². The molecule has 0 heterocycles. The Labute approximate surface area is 206 Å². The van der Waals surface area contributed by atoms with Crippen molar-refractivity contribution in [3.05, 3.63) is 133 Å². The van der Waals surface area contributed by atoms with E-state index >= 15 is 0 Å². The summed E-state index contributed by atoms with van der Waals surface area (Å²) < 4.78 is 0. The van der Waals surface area contributed by atoms with E-state index in [1.807, 2.05) is 0 Å². The fraction of sp³-hybridized carbons (Fsp3) is 0.0286. The lowest BCUT2D eigenvalue weighted by Gasteiger charge is -2.10. The highest BCUT2D eigenvalue weighted by Gasteiger charge is 2.21. The van der Waals surface area contributed by atoms with Gasteiger partial charge in [-0.3, -0.25) is 0 Å². The van der Waals surface area contributed by atoms with E-state index in [2.05, 4.69) is 134 Å². The molecule has 0 amide bonds. The number of fused-ring (bicyclic) bond motifs is 3. The molecule has 35 heavy (non-hydrogen) atoms. The Hall–Kier alpha value is -4.42. The molecule has 0 aromatic heterocycles. The largest absolute Gasteiger partial charge is 0.0622 e. The zero-order valence-electron chi connectivity index (χ0n) is 19.6. The van der Waals surface area contributed by atoms with Crippen LogP contribution in [-0.4, -0.2) is 0 Å². The van der Waals surface area contributed by atoms with Crippen molar-refractivity contribution in [2.45, 2.75) is 6.92 Å². The van der Waals surface area contributed by atoms with Crippen LogP contribution in [-0.2, 0) is 0 Å². The summed E-state index contributed by atoms with van der Waals surface area (Å²) in [5.74, 6) is 0. The first-order chi connectivity index (χ1) is 17.2. The van der Waals surface area contributed by atoms with Crippen LogP contribution in [0.3, 0.4) is 0 Å². The zero-order chi connectivity index (χ0) is 23.4. The van der Waals surface area contributed by atoms with Crippen molar-refractivity contribution in [3.63, 3.8) is 0 Å². The summed E-state index contributed by atoms with van der Waals surface area (Å²) >= 11 is 0. The molecule has 1 aliphatic carbocycles. The van der Waals surface area contributed by atoms with E-state index in [0.29, 0.717) is 0 Å². The maximum atomic E-state index is 2.36. The van der Waals surface area contributed by atoms with Gasteiger partial charge in [-0.05, 0) is 91.0 Å². The van der Waals surface area contributed by atoms with Gasteiger partial charge in [0.1, 0.15) is 0 Å². The molecule has 0 saturated heterocycles. The molecule has 0 nitrogen and oxygen atoms in total. The van der Waals surface area contributed by atoms with E-state index < -0.39 is 0 Å². The Kier molecular flexibility index (Phi) is 4.47. The first-order valence-corrected chi connectivity index (χ1v) is 12.2. The summed E-state index contributed by atoms with van der Waals surface area (Å²) in [7, 11) is 0. The normalized spacial score (nSPS) is 11.6. The van der Waals surface area contributed by atoms with Gasteiger partial charge in [-0.1, -0.05) is 115 Å². The molecule has 6 aromatic rings. The van der Waals surface area contributed by atoms with Crippen molar-refractivity contribution in [3.8, 4) is 55.6 Å². The minimum atomic E-state index is 1.24. The second-order valence-corrected chi connectivity index (χ2v) is 9.50. The monoisotopic (exact) mass is 444 g/mol. The van der Waals surface area contributed by atoms with Gasteiger partial charge in [0.25, 0.3) is 0 Å². The van der Waals surface area contributed by atoms with Crippen LogP contribution in [0, 0.1) is 6.92 Å². The number of rotatable bonds is 3. The third-order valence-corrected chi connectivity index (χ3v) is 7.24. The Balaban J connectivity index is 1.26. The van der Waals surface area contributed by atoms with Gasteiger partial charge < -0.3 is 0 Å². The van der Waals surface area contributed by atoms with Crippen LogP contribution in [0.15, 0.2) is 127 Å². The van der Waals surface area contributed by atoms with E-state index in [1.54, 1.807) is 0 Å². The molecule has 6 aromatic carbocycles. The molecule has 0 saturated carbocycles. The first-order valence-electron chi connectivity index (χ1n) is 12.2. The molecule has 0 radical (unpaired) electrons. The van der Waals surface area contributed by atoms with Crippen LogP contribution in [0.1, 0.15) is 5.56 Å². The van der Waals surface area contributed by atoms with Gasteiger partial charge in [0.15, 0.2) is 0 Å². The smallest absolute Gasteiger partial charge is 0.00264 e. The molecule has 0 spiro atoms. The van der Waals surface area contributed by atoms with E-state index in [9.17, 15) is 0 Å². The molecular weight excluding hydrogens is 420 g/mol. The van der Waals surface area contributed by atoms with Gasteiger partial charge in [0, 0.05) is 0 Å². The summed E-state index contributed by atoms with van der Waals surface area (Å²) in [6.45, 7) is 2.17. The van der Waals surface area contributed by atoms with Crippen molar-refractivity contribution in [1.82, 2.24) is 0 Å². The number of benzene rings is 6. The van der Waals surface area contributed by atoms with E-state index in [-0.39, 0.29) is 0 Å². The third-order valence-electron chi connectivity index (χ3n) is 7.24. The topological polar surface area (TPSA) is 0 Å². The Morgan fingerprint density at radius 2 is 0.914 bits per heavy atom. The highest BCUT2D eigenvalue weighted by molar-refractivity contribution is 6.15. The summed E-state index contributed by atoms with van der Waals surface area (Å²) in [6.07, 6.45) is 0. The number of aryl methyl sites for hydroxylation is 1. The molecule has 0 N–H and O–H groups in total. The SMILES string of the molecule is Cc1cc(-c2ccccc2)cc(-c2ccc(-c3ccc4c(c3)-c3cccc5cccc-4c35)cc2)c1. The van der Waals surface area contributed by atoms with Crippen molar-refractivity contribution < 1.29 is 0 Å². The van der Waals surface area contributed by atoms with Crippen molar-refractivity contribution in [2.75, 3.05) is 0 Å². The zero-order valence-corrected chi connectivity index (χ0v) is 19.6. The predicted octanol–water partition coefficient (Wildman–Crippen LogP) is 9.80. The van der Waals surface area contributed by atoms with E-state index in [1.165, 1.54) is 72.0 Å². The average molecular weight is 445 g/mol. The summed E-state index contributed by atoms with van der Waals surface area (Å²) in [6, 6.07) is 46.6. The van der Waals surface area contributed by atoms with E-state index in [0.717, 1.165) is 0 Å². The highest BCUT2D eigenvalue weighted by atomic mass is 14.2. The molecule has 0 aliphatic heterocycles. The van der Waals surface area contributed by atoms with Crippen LogP contribution in [0.4, 0.5) is 0 Å². The maximum Gasteiger partial charge on any atom is -0.00264 e. The molecule has 0 unspecified atom stereocenters. The Morgan fingerprint density at radius 1 is 0.343 bits per heavy atom. The van der Waals surface area contributed by atoms with Gasteiger partial charge >= 0.3 is 0 Å². The number of hydrogen-bond donors (Lipinski definition) is 0. The molecule has 1 aliphatic rings. The first kappa shape index (κ1) is 20.0. The summed E-state index contributed by atoms with van der Waals surface area (Å²) in [4.78, 5) is 0. The molecule has 0 heteroatoms. The summed E-state index contributed by atoms with van der Waals surface area (Å²) in [5.41, 5.74) is 14.2. The predicted molar refractivity (Wildman–Crippen MR) is 149 cm³/mol. The quantitative estimate of drug-likeness (QED) is 0.254. The molecule has 164 valence electrons.